The topological polar surface area (TPSA) is 3.24 Å². The van der Waals surface area contributed by atoms with Crippen molar-refractivity contribution in [2.24, 2.45) is 0 Å². The molecule has 4 heteroatoms. The number of hydrogen-bond donors (Lipinski definition) is 0. The molecule has 0 unspecified atom stereocenters. The quantitative estimate of drug-likeness (QED) is 0.771. The lowest BCUT2D eigenvalue weighted by atomic mass is 10.1. The number of alkyl halides is 3. The molecule has 0 aliphatic carbocycles. The zero-order valence-electron chi connectivity index (χ0n) is 9.73. The van der Waals surface area contributed by atoms with Crippen LogP contribution >= 0.6 is 0 Å². The van der Waals surface area contributed by atoms with Gasteiger partial charge in [-0.3, -0.25) is 4.90 Å². The van der Waals surface area contributed by atoms with E-state index in [4.69, 9.17) is 0 Å². The number of halogens is 3. The van der Waals surface area contributed by atoms with Gasteiger partial charge in [-0.2, -0.15) is 13.2 Å². The van der Waals surface area contributed by atoms with Gasteiger partial charge in [-0.1, -0.05) is 23.8 Å². The fourth-order valence-electron chi connectivity index (χ4n) is 1.62. The van der Waals surface area contributed by atoms with E-state index in [0.29, 0.717) is 6.54 Å². The fourth-order valence-corrected chi connectivity index (χ4v) is 1.62. The van der Waals surface area contributed by atoms with Crippen LogP contribution in [0.15, 0.2) is 18.2 Å². The maximum Gasteiger partial charge on any atom is 0.401 e. The maximum absolute atomic E-state index is 12.1. The van der Waals surface area contributed by atoms with Gasteiger partial charge in [0.1, 0.15) is 0 Å². The van der Waals surface area contributed by atoms with E-state index in [1.165, 1.54) is 11.9 Å². The largest absolute Gasteiger partial charge is 0.401 e. The summed E-state index contributed by atoms with van der Waals surface area (Å²) in [6.07, 6.45) is -4.13. The zero-order chi connectivity index (χ0) is 12.3. The van der Waals surface area contributed by atoms with Crippen molar-refractivity contribution in [3.8, 4) is 0 Å². The first-order valence-corrected chi connectivity index (χ1v) is 5.09. The van der Waals surface area contributed by atoms with Crippen LogP contribution in [0.1, 0.15) is 16.7 Å². The molecule has 0 saturated heterocycles. The predicted octanol–water partition coefficient (Wildman–Crippen LogP) is 3.30. The predicted molar refractivity (Wildman–Crippen MR) is 58.3 cm³/mol. The molecule has 0 fully saturated rings. The average Bonchev–Trinajstić information content (AvgIpc) is 2.08. The van der Waals surface area contributed by atoms with Crippen LogP contribution in [0.4, 0.5) is 13.2 Å². The Morgan fingerprint density at radius 1 is 1.19 bits per heavy atom. The summed E-state index contributed by atoms with van der Waals surface area (Å²) in [7, 11) is 1.48. The van der Waals surface area contributed by atoms with Crippen molar-refractivity contribution < 1.29 is 13.2 Å². The Morgan fingerprint density at radius 3 is 2.38 bits per heavy atom. The molecule has 0 heterocycles. The van der Waals surface area contributed by atoms with E-state index in [9.17, 15) is 13.2 Å². The molecule has 16 heavy (non-hydrogen) atoms. The first-order valence-electron chi connectivity index (χ1n) is 5.09. The molecule has 0 atom stereocenters. The summed E-state index contributed by atoms with van der Waals surface area (Å²) in [5.74, 6) is 0. The number of rotatable bonds is 3. The molecule has 0 N–H and O–H groups in total. The number of nitrogens with zero attached hydrogens (tertiary/aromatic N) is 1. The van der Waals surface area contributed by atoms with Gasteiger partial charge in [0.05, 0.1) is 6.54 Å². The van der Waals surface area contributed by atoms with Crippen molar-refractivity contribution in [3.63, 3.8) is 0 Å². The van der Waals surface area contributed by atoms with Gasteiger partial charge >= 0.3 is 6.18 Å². The molecule has 1 aromatic carbocycles. The molecule has 1 aromatic rings. The third-order valence-electron chi connectivity index (χ3n) is 2.39. The summed E-state index contributed by atoms with van der Waals surface area (Å²) in [4.78, 5) is 1.28. The second-order valence-corrected chi connectivity index (χ2v) is 4.22. The highest BCUT2D eigenvalue weighted by molar-refractivity contribution is 5.30. The summed E-state index contributed by atoms with van der Waals surface area (Å²) in [6.45, 7) is 3.30. The van der Waals surface area contributed by atoms with Crippen LogP contribution in [0.5, 0.6) is 0 Å². The molecule has 0 aliphatic heterocycles. The van der Waals surface area contributed by atoms with Gasteiger partial charge in [-0.25, -0.2) is 0 Å². The van der Waals surface area contributed by atoms with Crippen molar-refractivity contribution in [1.29, 1.82) is 0 Å². The first-order chi connectivity index (χ1) is 7.28. The van der Waals surface area contributed by atoms with E-state index in [1.54, 1.807) is 0 Å². The monoisotopic (exact) mass is 231 g/mol. The minimum absolute atomic E-state index is 0.326. The normalized spacial score (nSPS) is 12.2. The average molecular weight is 231 g/mol. The van der Waals surface area contributed by atoms with E-state index in [-0.39, 0.29) is 0 Å². The van der Waals surface area contributed by atoms with Crippen LogP contribution in [-0.2, 0) is 6.54 Å². The molecule has 0 radical (unpaired) electrons. The SMILES string of the molecule is Cc1ccc(C)c(CN(C)CC(F)(F)F)c1. The number of benzene rings is 1. The molecule has 0 saturated carbocycles. The Morgan fingerprint density at radius 2 is 1.81 bits per heavy atom. The maximum atomic E-state index is 12.1. The minimum atomic E-state index is -4.13. The lowest BCUT2D eigenvalue weighted by Gasteiger charge is -2.19. The summed E-state index contributed by atoms with van der Waals surface area (Å²) in [5, 5.41) is 0. The summed E-state index contributed by atoms with van der Waals surface area (Å²) in [6, 6.07) is 5.83. The Labute approximate surface area is 93.9 Å². The lowest BCUT2D eigenvalue weighted by molar-refractivity contribution is -0.144. The van der Waals surface area contributed by atoms with Crippen LogP contribution in [0, 0.1) is 13.8 Å². The molecule has 0 aromatic heterocycles. The second kappa shape index (κ2) is 4.87. The van der Waals surface area contributed by atoms with E-state index in [1.807, 2.05) is 32.0 Å². The van der Waals surface area contributed by atoms with Gasteiger partial charge in [-0.15, -0.1) is 0 Å². The lowest BCUT2D eigenvalue weighted by Crippen LogP contribution is -2.30. The highest BCUT2D eigenvalue weighted by Gasteiger charge is 2.29. The summed E-state index contributed by atoms with van der Waals surface area (Å²) < 4.78 is 36.4. The molecule has 0 amide bonds. The Kier molecular flexibility index (Phi) is 3.97. The van der Waals surface area contributed by atoms with E-state index in [2.05, 4.69) is 0 Å². The molecule has 1 rings (SSSR count). The van der Waals surface area contributed by atoms with Crippen molar-refractivity contribution in [1.82, 2.24) is 4.90 Å². The van der Waals surface area contributed by atoms with E-state index < -0.39 is 12.7 Å². The fraction of sp³-hybridized carbons (Fsp3) is 0.500. The molecular weight excluding hydrogens is 215 g/mol. The van der Waals surface area contributed by atoms with Crippen LogP contribution in [-0.4, -0.2) is 24.7 Å². The Bertz CT molecular complexity index is 358. The molecule has 1 nitrogen and oxygen atoms in total. The van der Waals surface area contributed by atoms with E-state index in [0.717, 1.165) is 16.7 Å². The van der Waals surface area contributed by atoms with Gasteiger partial charge < -0.3 is 0 Å². The van der Waals surface area contributed by atoms with Gasteiger partial charge in [-0.05, 0) is 32.0 Å². The zero-order valence-corrected chi connectivity index (χ0v) is 9.73. The minimum Gasteiger partial charge on any atom is -0.294 e. The van der Waals surface area contributed by atoms with Crippen LogP contribution in [0.3, 0.4) is 0 Å². The Balaban J connectivity index is 2.69. The molecule has 0 aliphatic rings. The van der Waals surface area contributed by atoms with Gasteiger partial charge in [0, 0.05) is 6.54 Å². The molecule has 0 bridgehead atoms. The smallest absolute Gasteiger partial charge is 0.294 e. The van der Waals surface area contributed by atoms with Gasteiger partial charge in [0.15, 0.2) is 0 Å². The van der Waals surface area contributed by atoms with Crippen LogP contribution < -0.4 is 0 Å². The van der Waals surface area contributed by atoms with Crippen LogP contribution in [0.2, 0.25) is 0 Å². The molecule has 90 valence electrons. The molecular formula is C12H16F3N. The third-order valence-corrected chi connectivity index (χ3v) is 2.39. The van der Waals surface area contributed by atoms with E-state index >= 15 is 0 Å². The summed E-state index contributed by atoms with van der Waals surface area (Å²) >= 11 is 0. The van der Waals surface area contributed by atoms with Crippen molar-refractivity contribution in [2.75, 3.05) is 13.6 Å². The number of aryl methyl sites for hydroxylation is 2. The number of hydrogen-bond acceptors (Lipinski definition) is 1. The second-order valence-electron chi connectivity index (χ2n) is 4.22. The standard InChI is InChI=1S/C12H16F3N/c1-9-4-5-10(2)11(6-9)7-16(3)8-12(13,14)15/h4-6H,7-8H2,1-3H3. The van der Waals surface area contributed by atoms with Gasteiger partial charge in [0.25, 0.3) is 0 Å². The first kappa shape index (κ1) is 13.0. The van der Waals surface area contributed by atoms with Crippen molar-refractivity contribution in [3.05, 3.63) is 34.9 Å². The highest BCUT2D eigenvalue weighted by Crippen LogP contribution is 2.18. The molecule has 0 spiro atoms. The Hall–Kier alpha value is -1.03. The van der Waals surface area contributed by atoms with Crippen molar-refractivity contribution >= 4 is 0 Å². The highest BCUT2D eigenvalue weighted by atomic mass is 19.4. The van der Waals surface area contributed by atoms with Gasteiger partial charge in [0.2, 0.25) is 0 Å². The van der Waals surface area contributed by atoms with Crippen LogP contribution in [0.25, 0.3) is 0 Å². The van der Waals surface area contributed by atoms with Crippen molar-refractivity contribution in [2.45, 2.75) is 26.6 Å². The third kappa shape index (κ3) is 4.23. The summed E-state index contributed by atoms with van der Waals surface area (Å²) in [5.41, 5.74) is 3.05.